The van der Waals surface area contributed by atoms with Crippen molar-refractivity contribution in [2.75, 3.05) is 0 Å². The van der Waals surface area contributed by atoms with Gasteiger partial charge in [-0.2, -0.15) is 10.2 Å². The average Bonchev–Trinajstić information content (AvgIpc) is 3.17. The SMILES string of the molecule is Cc1cc(C(=O)N/N=C\c2cn[nH]c2-c2ccccc2)cs1. The molecule has 6 heteroatoms. The van der Waals surface area contributed by atoms with Crippen LogP contribution in [0.25, 0.3) is 11.3 Å². The summed E-state index contributed by atoms with van der Waals surface area (Å²) in [4.78, 5) is 13.0. The van der Waals surface area contributed by atoms with Crippen molar-refractivity contribution >= 4 is 23.5 Å². The first-order chi connectivity index (χ1) is 10.7. The summed E-state index contributed by atoms with van der Waals surface area (Å²) in [7, 11) is 0. The van der Waals surface area contributed by atoms with E-state index in [1.807, 2.05) is 48.7 Å². The standard InChI is InChI=1S/C16H14N4OS/c1-11-7-13(10-22-11)16(21)20-18-9-14-8-17-19-15(14)12-5-3-2-4-6-12/h2-10H,1H3,(H,17,19)(H,20,21)/b18-9-. The Balaban J connectivity index is 1.72. The van der Waals surface area contributed by atoms with Gasteiger partial charge in [0.1, 0.15) is 0 Å². The highest BCUT2D eigenvalue weighted by Crippen LogP contribution is 2.19. The van der Waals surface area contributed by atoms with E-state index in [-0.39, 0.29) is 5.91 Å². The molecule has 5 nitrogen and oxygen atoms in total. The van der Waals surface area contributed by atoms with E-state index in [1.165, 1.54) is 11.3 Å². The van der Waals surface area contributed by atoms with Crippen molar-refractivity contribution in [2.24, 2.45) is 5.10 Å². The number of rotatable bonds is 4. The van der Waals surface area contributed by atoms with E-state index in [4.69, 9.17) is 0 Å². The van der Waals surface area contributed by atoms with Gasteiger partial charge in [0.2, 0.25) is 0 Å². The van der Waals surface area contributed by atoms with Crippen molar-refractivity contribution in [1.29, 1.82) is 0 Å². The molecule has 22 heavy (non-hydrogen) atoms. The number of hydrogen-bond acceptors (Lipinski definition) is 4. The number of hydrazone groups is 1. The number of thiophene rings is 1. The van der Waals surface area contributed by atoms with Crippen LogP contribution in [-0.2, 0) is 0 Å². The van der Waals surface area contributed by atoms with Gasteiger partial charge in [0, 0.05) is 21.4 Å². The normalized spacial score (nSPS) is 11.0. The van der Waals surface area contributed by atoms with Crippen molar-refractivity contribution in [1.82, 2.24) is 15.6 Å². The summed E-state index contributed by atoms with van der Waals surface area (Å²) in [5.74, 6) is -0.217. The predicted octanol–water partition coefficient (Wildman–Crippen LogP) is 3.21. The lowest BCUT2D eigenvalue weighted by Crippen LogP contribution is -2.16. The molecule has 0 spiro atoms. The first-order valence-electron chi connectivity index (χ1n) is 6.71. The molecule has 0 saturated carbocycles. The zero-order chi connectivity index (χ0) is 15.4. The Bertz CT molecular complexity index is 804. The first-order valence-corrected chi connectivity index (χ1v) is 7.59. The van der Waals surface area contributed by atoms with Gasteiger partial charge in [-0.25, -0.2) is 5.43 Å². The molecule has 1 amide bonds. The molecule has 0 aliphatic carbocycles. The van der Waals surface area contributed by atoms with Gasteiger partial charge in [0.25, 0.3) is 5.91 Å². The average molecular weight is 310 g/mol. The van der Waals surface area contributed by atoms with Crippen LogP contribution in [0.4, 0.5) is 0 Å². The van der Waals surface area contributed by atoms with E-state index in [2.05, 4.69) is 20.7 Å². The van der Waals surface area contributed by atoms with Gasteiger partial charge in [-0.3, -0.25) is 9.89 Å². The van der Waals surface area contributed by atoms with Crippen LogP contribution < -0.4 is 5.43 Å². The minimum absolute atomic E-state index is 0.217. The van der Waals surface area contributed by atoms with Crippen LogP contribution in [0.1, 0.15) is 20.8 Å². The summed E-state index contributed by atoms with van der Waals surface area (Å²) in [6.07, 6.45) is 3.26. The molecule has 0 bridgehead atoms. The van der Waals surface area contributed by atoms with E-state index in [1.54, 1.807) is 12.4 Å². The maximum atomic E-state index is 11.9. The van der Waals surface area contributed by atoms with Crippen LogP contribution in [0.15, 0.2) is 53.1 Å². The lowest BCUT2D eigenvalue weighted by molar-refractivity contribution is 0.0955. The smallest absolute Gasteiger partial charge is 0.272 e. The number of carbonyl (C=O) groups is 1. The molecule has 2 aromatic heterocycles. The molecule has 3 rings (SSSR count). The van der Waals surface area contributed by atoms with E-state index in [0.29, 0.717) is 5.56 Å². The van der Waals surface area contributed by atoms with Crippen LogP contribution in [0.5, 0.6) is 0 Å². The monoisotopic (exact) mass is 310 g/mol. The number of carbonyl (C=O) groups excluding carboxylic acids is 1. The Labute approximate surface area is 131 Å². The summed E-state index contributed by atoms with van der Waals surface area (Å²) in [5.41, 5.74) is 5.84. The molecular weight excluding hydrogens is 296 g/mol. The number of nitrogens with zero attached hydrogens (tertiary/aromatic N) is 2. The highest BCUT2D eigenvalue weighted by atomic mass is 32.1. The zero-order valence-corrected chi connectivity index (χ0v) is 12.7. The van der Waals surface area contributed by atoms with Crippen molar-refractivity contribution in [3.63, 3.8) is 0 Å². The molecule has 2 N–H and O–H groups in total. The number of amides is 1. The summed E-state index contributed by atoms with van der Waals surface area (Å²) in [5, 5.41) is 12.8. The molecular formula is C16H14N4OS. The van der Waals surface area contributed by atoms with Crippen molar-refractivity contribution < 1.29 is 4.79 Å². The maximum Gasteiger partial charge on any atom is 0.272 e. The first kappa shape index (κ1) is 14.2. The fourth-order valence-corrected chi connectivity index (χ4v) is 2.70. The van der Waals surface area contributed by atoms with Crippen LogP contribution in [-0.4, -0.2) is 22.3 Å². The fraction of sp³-hybridized carbons (Fsp3) is 0.0625. The summed E-state index contributed by atoms with van der Waals surface area (Å²) >= 11 is 1.54. The second-order valence-corrected chi connectivity index (χ2v) is 5.83. The second-order valence-electron chi connectivity index (χ2n) is 4.71. The molecule has 3 aromatic rings. The molecule has 0 aliphatic rings. The number of aryl methyl sites for hydroxylation is 1. The third kappa shape index (κ3) is 3.12. The van der Waals surface area contributed by atoms with Gasteiger partial charge < -0.3 is 0 Å². The molecule has 2 heterocycles. The number of nitrogens with one attached hydrogen (secondary N) is 2. The minimum Gasteiger partial charge on any atom is -0.277 e. The number of hydrogen-bond donors (Lipinski definition) is 2. The van der Waals surface area contributed by atoms with E-state index in [0.717, 1.165) is 21.7 Å². The summed E-state index contributed by atoms with van der Waals surface area (Å²) in [6, 6.07) is 11.7. The summed E-state index contributed by atoms with van der Waals surface area (Å²) in [6.45, 7) is 1.96. The lowest BCUT2D eigenvalue weighted by atomic mass is 10.1. The van der Waals surface area contributed by atoms with Crippen LogP contribution >= 0.6 is 11.3 Å². The highest BCUT2D eigenvalue weighted by molar-refractivity contribution is 7.10. The van der Waals surface area contributed by atoms with E-state index >= 15 is 0 Å². The van der Waals surface area contributed by atoms with Gasteiger partial charge >= 0.3 is 0 Å². The molecule has 0 aliphatic heterocycles. The van der Waals surface area contributed by atoms with Gasteiger partial charge in [-0.15, -0.1) is 11.3 Å². The zero-order valence-electron chi connectivity index (χ0n) is 11.9. The third-order valence-corrected chi connectivity index (χ3v) is 3.96. The van der Waals surface area contributed by atoms with Crippen molar-refractivity contribution in [3.05, 3.63) is 64.0 Å². The van der Waals surface area contributed by atoms with Crippen LogP contribution in [0.3, 0.4) is 0 Å². The molecule has 1 aromatic carbocycles. The molecule has 0 unspecified atom stereocenters. The third-order valence-electron chi connectivity index (χ3n) is 3.09. The predicted molar refractivity (Wildman–Crippen MR) is 88.1 cm³/mol. The topological polar surface area (TPSA) is 70.1 Å². The number of aromatic amines is 1. The Morgan fingerprint density at radius 3 is 2.91 bits per heavy atom. The van der Waals surface area contributed by atoms with Gasteiger partial charge in [-0.05, 0) is 13.0 Å². The van der Waals surface area contributed by atoms with E-state index in [9.17, 15) is 4.79 Å². The van der Waals surface area contributed by atoms with Gasteiger partial charge in [0.15, 0.2) is 0 Å². The van der Waals surface area contributed by atoms with Crippen molar-refractivity contribution in [3.8, 4) is 11.3 Å². The van der Waals surface area contributed by atoms with Gasteiger partial charge in [-0.1, -0.05) is 30.3 Å². The Morgan fingerprint density at radius 2 is 2.18 bits per heavy atom. The molecule has 110 valence electrons. The lowest BCUT2D eigenvalue weighted by Gasteiger charge is -1.99. The Hall–Kier alpha value is -2.73. The molecule has 0 saturated heterocycles. The number of H-pyrrole nitrogens is 1. The Morgan fingerprint density at radius 1 is 1.36 bits per heavy atom. The van der Waals surface area contributed by atoms with Crippen molar-refractivity contribution in [2.45, 2.75) is 6.92 Å². The maximum absolute atomic E-state index is 11.9. The fourth-order valence-electron chi connectivity index (χ4n) is 2.02. The Kier molecular flexibility index (Phi) is 4.11. The molecule has 0 fully saturated rings. The number of benzene rings is 1. The quantitative estimate of drug-likeness (QED) is 0.574. The molecule has 0 atom stereocenters. The van der Waals surface area contributed by atoms with E-state index < -0.39 is 0 Å². The molecule has 0 radical (unpaired) electrons. The largest absolute Gasteiger partial charge is 0.277 e. The van der Waals surface area contributed by atoms with Crippen LogP contribution in [0, 0.1) is 6.92 Å². The highest BCUT2D eigenvalue weighted by Gasteiger charge is 2.07. The summed E-state index contributed by atoms with van der Waals surface area (Å²) < 4.78 is 0. The second kappa shape index (κ2) is 6.36. The van der Waals surface area contributed by atoms with Crippen LogP contribution in [0.2, 0.25) is 0 Å². The number of aromatic nitrogens is 2. The van der Waals surface area contributed by atoms with Gasteiger partial charge in [0.05, 0.1) is 23.7 Å². The minimum atomic E-state index is -0.217.